The number of hydrazone groups is 1. The Balaban J connectivity index is 1.80. The molecule has 0 radical (unpaired) electrons. The topological polar surface area (TPSA) is 66.0 Å². The van der Waals surface area contributed by atoms with Gasteiger partial charge in [-0.3, -0.25) is 0 Å². The van der Waals surface area contributed by atoms with Crippen LogP contribution in [0.25, 0.3) is 10.9 Å². The molecular weight excluding hydrogens is 226 g/mol. The fourth-order valence-electron chi connectivity index (χ4n) is 1.72. The minimum Gasteiger partial charge on any atom is -0.361 e. The molecule has 0 saturated heterocycles. The van der Waals surface area contributed by atoms with Crippen LogP contribution in [-0.4, -0.2) is 21.2 Å². The van der Waals surface area contributed by atoms with E-state index in [2.05, 4.69) is 25.5 Å². The average molecular weight is 237 g/mol. The van der Waals surface area contributed by atoms with E-state index in [1.807, 2.05) is 30.5 Å². The number of aromatic amines is 1. The Hall–Kier alpha value is -2.69. The first-order valence-electron chi connectivity index (χ1n) is 5.56. The van der Waals surface area contributed by atoms with Gasteiger partial charge in [0.05, 0.1) is 6.21 Å². The highest BCUT2D eigenvalue weighted by molar-refractivity contribution is 5.99. The standard InChI is InChI=1S/C13H11N5/c1-2-5-12-11(4-1)10(8-16-12)9-17-18-13-14-6-3-7-15-13/h1-9,16H,(H,14,15,18)/b17-9+. The maximum atomic E-state index is 4.11. The van der Waals surface area contributed by atoms with Crippen LogP contribution in [0.4, 0.5) is 5.95 Å². The fraction of sp³-hybridized carbons (Fsp3) is 0. The lowest BCUT2D eigenvalue weighted by atomic mass is 10.2. The zero-order chi connectivity index (χ0) is 12.2. The molecular formula is C13H11N5. The third kappa shape index (κ3) is 2.06. The normalized spacial score (nSPS) is 11.1. The van der Waals surface area contributed by atoms with Gasteiger partial charge in [-0.2, -0.15) is 5.10 Å². The highest BCUT2D eigenvalue weighted by atomic mass is 15.3. The van der Waals surface area contributed by atoms with Crippen molar-refractivity contribution >= 4 is 23.1 Å². The van der Waals surface area contributed by atoms with Crippen molar-refractivity contribution in [2.45, 2.75) is 0 Å². The van der Waals surface area contributed by atoms with Gasteiger partial charge in [-0.1, -0.05) is 18.2 Å². The number of nitrogens with one attached hydrogen (secondary N) is 2. The van der Waals surface area contributed by atoms with Crippen molar-refractivity contribution in [1.29, 1.82) is 0 Å². The molecule has 5 nitrogen and oxygen atoms in total. The van der Waals surface area contributed by atoms with E-state index in [9.17, 15) is 0 Å². The number of anilines is 1. The van der Waals surface area contributed by atoms with E-state index in [0.29, 0.717) is 5.95 Å². The van der Waals surface area contributed by atoms with E-state index in [1.54, 1.807) is 24.7 Å². The van der Waals surface area contributed by atoms with Gasteiger partial charge in [-0.15, -0.1) is 0 Å². The quantitative estimate of drug-likeness (QED) is 0.543. The van der Waals surface area contributed by atoms with Crippen LogP contribution in [0.3, 0.4) is 0 Å². The molecule has 1 aromatic carbocycles. The molecule has 0 spiro atoms. The number of hydrogen-bond acceptors (Lipinski definition) is 4. The van der Waals surface area contributed by atoms with E-state index in [1.165, 1.54) is 0 Å². The molecule has 0 aliphatic carbocycles. The second-order valence-corrected chi connectivity index (χ2v) is 3.73. The van der Waals surface area contributed by atoms with E-state index in [4.69, 9.17) is 0 Å². The number of para-hydroxylation sites is 1. The molecule has 2 heterocycles. The van der Waals surface area contributed by atoms with Crippen molar-refractivity contribution in [3.05, 3.63) is 54.5 Å². The van der Waals surface area contributed by atoms with Gasteiger partial charge in [0.1, 0.15) is 0 Å². The minimum absolute atomic E-state index is 0.480. The molecule has 0 fully saturated rings. The van der Waals surface area contributed by atoms with E-state index in [0.717, 1.165) is 16.5 Å². The van der Waals surface area contributed by atoms with Gasteiger partial charge in [-0.05, 0) is 12.1 Å². The second kappa shape index (κ2) is 4.67. The Bertz CT molecular complexity index is 672. The van der Waals surface area contributed by atoms with Crippen LogP contribution in [0.2, 0.25) is 0 Å². The fourth-order valence-corrected chi connectivity index (χ4v) is 1.72. The zero-order valence-corrected chi connectivity index (χ0v) is 9.54. The highest BCUT2D eigenvalue weighted by Gasteiger charge is 1.99. The van der Waals surface area contributed by atoms with Crippen LogP contribution in [0.5, 0.6) is 0 Å². The summed E-state index contributed by atoms with van der Waals surface area (Å²) in [6.07, 6.45) is 6.99. The van der Waals surface area contributed by atoms with Crippen molar-refractivity contribution in [2.75, 3.05) is 5.43 Å². The van der Waals surface area contributed by atoms with Gasteiger partial charge in [0.2, 0.25) is 5.95 Å². The van der Waals surface area contributed by atoms with Crippen molar-refractivity contribution < 1.29 is 0 Å². The van der Waals surface area contributed by atoms with E-state index >= 15 is 0 Å². The van der Waals surface area contributed by atoms with Gasteiger partial charge in [0.15, 0.2) is 0 Å². The number of benzene rings is 1. The average Bonchev–Trinajstić information content (AvgIpc) is 2.84. The smallest absolute Gasteiger partial charge is 0.243 e. The van der Waals surface area contributed by atoms with Crippen LogP contribution in [0.1, 0.15) is 5.56 Å². The summed E-state index contributed by atoms with van der Waals surface area (Å²) in [5.74, 6) is 0.480. The number of H-pyrrole nitrogens is 1. The van der Waals surface area contributed by atoms with Crippen molar-refractivity contribution in [3.63, 3.8) is 0 Å². The molecule has 18 heavy (non-hydrogen) atoms. The summed E-state index contributed by atoms with van der Waals surface area (Å²) >= 11 is 0. The largest absolute Gasteiger partial charge is 0.361 e. The van der Waals surface area contributed by atoms with Crippen LogP contribution in [0, 0.1) is 0 Å². The van der Waals surface area contributed by atoms with Crippen LogP contribution >= 0.6 is 0 Å². The Morgan fingerprint density at radius 2 is 1.94 bits per heavy atom. The SMILES string of the molecule is C(=N\Nc1ncccn1)/c1c[nH]c2ccccc12. The van der Waals surface area contributed by atoms with Gasteiger partial charge in [-0.25, -0.2) is 15.4 Å². The highest BCUT2D eigenvalue weighted by Crippen LogP contribution is 2.15. The molecule has 0 aliphatic rings. The summed E-state index contributed by atoms with van der Waals surface area (Å²) in [5.41, 5.74) is 4.90. The summed E-state index contributed by atoms with van der Waals surface area (Å²) in [5, 5.41) is 5.25. The minimum atomic E-state index is 0.480. The third-order valence-electron chi connectivity index (χ3n) is 2.56. The van der Waals surface area contributed by atoms with Crippen molar-refractivity contribution in [2.24, 2.45) is 5.10 Å². The first kappa shape index (κ1) is 10.5. The number of hydrogen-bond donors (Lipinski definition) is 2. The summed E-state index contributed by atoms with van der Waals surface area (Å²) in [7, 11) is 0. The van der Waals surface area contributed by atoms with Crippen LogP contribution in [0.15, 0.2) is 54.0 Å². The lowest BCUT2D eigenvalue weighted by Crippen LogP contribution is -1.94. The first-order valence-corrected chi connectivity index (χ1v) is 5.56. The summed E-state index contributed by atoms with van der Waals surface area (Å²) < 4.78 is 0. The molecule has 0 aliphatic heterocycles. The molecule has 2 aromatic heterocycles. The maximum Gasteiger partial charge on any atom is 0.243 e. The zero-order valence-electron chi connectivity index (χ0n) is 9.54. The van der Waals surface area contributed by atoms with Crippen molar-refractivity contribution in [3.8, 4) is 0 Å². The van der Waals surface area contributed by atoms with Crippen molar-refractivity contribution in [1.82, 2.24) is 15.0 Å². The molecule has 0 saturated carbocycles. The first-order chi connectivity index (χ1) is 8.93. The van der Waals surface area contributed by atoms with Gasteiger partial charge < -0.3 is 4.98 Å². The summed E-state index contributed by atoms with van der Waals surface area (Å²) in [6.45, 7) is 0. The number of nitrogens with zero attached hydrogens (tertiary/aromatic N) is 3. The van der Waals surface area contributed by atoms with Crippen LogP contribution < -0.4 is 5.43 Å². The molecule has 2 N–H and O–H groups in total. The van der Waals surface area contributed by atoms with E-state index in [-0.39, 0.29) is 0 Å². The lowest BCUT2D eigenvalue weighted by Gasteiger charge is -1.95. The Kier molecular flexibility index (Phi) is 2.71. The van der Waals surface area contributed by atoms with E-state index < -0.39 is 0 Å². The maximum absolute atomic E-state index is 4.11. The summed E-state index contributed by atoms with van der Waals surface area (Å²) in [4.78, 5) is 11.2. The molecule has 5 heteroatoms. The monoisotopic (exact) mass is 237 g/mol. The molecule has 0 unspecified atom stereocenters. The Morgan fingerprint density at radius 3 is 2.83 bits per heavy atom. The number of fused-ring (bicyclic) bond motifs is 1. The van der Waals surface area contributed by atoms with Gasteiger partial charge in [0.25, 0.3) is 0 Å². The molecule has 88 valence electrons. The Morgan fingerprint density at radius 1 is 1.11 bits per heavy atom. The molecule has 0 bridgehead atoms. The predicted octanol–water partition coefficient (Wildman–Crippen LogP) is 2.40. The third-order valence-corrected chi connectivity index (χ3v) is 2.56. The summed E-state index contributed by atoms with van der Waals surface area (Å²) in [6, 6.07) is 9.83. The second-order valence-electron chi connectivity index (χ2n) is 3.73. The van der Waals surface area contributed by atoms with Gasteiger partial charge in [0, 0.05) is 35.1 Å². The lowest BCUT2D eigenvalue weighted by molar-refractivity contribution is 1.12. The molecule has 0 atom stereocenters. The number of rotatable bonds is 3. The Labute approximate surface area is 104 Å². The predicted molar refractivity (Wildman–Crippen MR) is 71.5 cm³/mol. The molecule has 3 rings (SSSR count). The number of aromatic nitrogens is 3. The molecule has 3 aromatic rings. The van der Waals surface area contributed by atoms with Crippen LogP contribution in [-0.2, 0) is 0 Å². The van der Waals surface area contributed by atoms with Gasteiger partial charge >= 0.3 is 0 Å². The molecule has 0 amide bonds.